The van der Waals surface area contributed by atoms with Crippen LogP contribution in [0.2, 0.25) is 0 Å². The molecule has 21 heavy (non-hydrogen) atoms. The summed E-state index contributed by atoms with van der Waals surface area (Å²) in [5.41, 5.74) is 3.88. The molecule has 2 aromatic rings. The zero-order valence-electron chi connectivity index (χ0n) is 12.3. The highest BCUT2D eigenvalue weighted by atomic mass is 16.2. The molecule has 2 rings (SSSR count). The second-order valence-electron chi connectivity index (χ2n) is 4.81. The number of nitriles is 1. The number of hydrogen-bond donors (Lipinski definition) is 1. The summed E-state index contributed by atoms with van der Waals surface area (Å²) in [5, 5.41) is 12.0. The van der Waals surface area contributed by atoms with Crippen LogP contribution in [0.15, 0.2) is 42.5 Å². The molecule has 4 heteroatoms. The lowest BCUT2D eigenvalue weighted by molar-refractivity contribution is 0.0993. The van der Waals surface area contributed by atoms with Crippen LogP contribution in [0.3, 0.4) is 0 Å². The first-order valence-corrected chi connectivity index (χ1v) is 6.63. The summed E-state index contributed by atoms with van der Waals surface area (Å²) < 4.78 is 0. The van der Waals surface area contributed by atoms with Crippen LogP contribution in [0.25, 0.3) is 0 Å². The summed E-state index contributed by atoms with van der Waals surface area (Å²) in [6.45, 7) is 1.96. The van der Waals surface area contributed by atoms with Crippen LogP contribution in [0.1, 0.15) is 21.5 Å². The normalized spacial score (nSPS) is 9.81. The molecule has 0 spiro atoms. The quantitative estimate of drug-likeness (QED) is 0.938. The van der Waals surface area contributed by atoms with E-state index in [2.05, 4.69) is 11.4 Å². The number of carbonyl (C=O) groups excluding carboxylic acids is 1. The number of hydrogen-bond acceptors (Lipinski definition) is 3. The average Bonchev–Trinajstić information content (AvgIpc) is 2.53. The molecule has 0 unspecified atom stereocenters. The van der Waals surface area contributed by atoms with E-state index in [4.69, 9.17) is 5.26 Å². The SMILES string of the molecule is CNc1ccc(C(=O)N(C)c2cccc(C#N)c2)cc1C. The van der Waals surface area contributed by atoms with Gasteiger partial charge in [-0.25, -0.2) is 0 Å². The first-order chi connectivity index (χ1) is 10.1. The molecule has 0 bridgehead atoms. The second-order valence-corrected chi connectivity index (χ2v) is 4.81. The first-order valence-electron chi connectivity index (χ1n) is 6.63. The molecule has 0 saturated carbocycles. The fourth-order valence-corrected chi connectivity index (χ4v) is 2.17. The predicted molar refractivity (Wildman–Crippen MR) is 84.6 cm³/mol. The minimum atomic E-state index is -0.101. The maximum Gasteiger partial charge on any atom is 0.258 e. The number of nitrogens with zero attached hydrogens (tertiary/aromatic N) is 2. The maximum atomic E-state index is 12.5. The third-order valence-electron chi connectivity index (χ3n) is 3.41. The van der Waals surface area contributed by atoms with E-state index in [1.54, 1.807) is 36.2 Å². The Bertz CT molecular complexity index is 716. The largest absolute Gasteiger partial charge is 0.388 e. The molecule has 0 atom stereocenters. The van der Waals surface area contributed by atoms with Gasteiger partial charge >= 0.3 is 0 Å². The molecule has 0 heterocycles. The Labute approximate surface area is 124 Å². The summed E-state index contributed by atoms with van der Waals surface area (Å²) in [4.78, 5) is 14.1. The Hall–Kier alpha value is -2.80. The molecule has 0 aliphatic carbocycles. The topological polar surface area (TPSA) is 56.1 Å². The van der Waals surface area contributed by atoms with Gasteiger partial charge in [-0.15, -0.1) is 0 Å². The van der Waals surface area contributed by atoms with Crippen LogP contribution in [-0.4, -0.2) is 20.0 Å². The summed E-state index contributed by atoms with van der Waals surface area (Å²) in [6, 6.07) is 14.6. The van der Waals surface area contributed by atoms with Crippen molar-refractivity contribution in [3.05, 3.63) is 59.2 Å². The first kappa shape index (κ1) is 14.6. The molecule has 0 saturated heterocycles. The summed E-state index contributed by atoms with van der Waals surface area (Å²) in [7, 11) is 3.56. The fourth-order valence-electron chi connectivity index (χ4n) is 2.17. The third kappa shape index (κ3) is 3.03. The summed E-state index contributed by atoms with van der Waals surface area (Å²) >= 11 is 0. The van der Waals surface area contributed by atoms with Gasteiger partial charge in [0.2, 0.25) is 0 Å². The number of amides is 1. The molecular weight excluding hydrogens is 262 g/mol. The monoisotopic (exact) mass is 279 g/mol. The molecule has 0 aromatic heterocycles. The summed E-state index contributed by atoms with van der Waals surface area (Å²) in [6.07, 6.45) is 0. The minimum Gasteiger partial charge on any atom is -0.388 e. The van der Waals surface area contributed by atoms with E-state index in [1.165, 1.54) is 0 Å². The lowest BCUT2D eigenvalue weighted by Crippen LogP contribution is -2.26. The van der Waals surface area contributed by atoms with E-state index >= 15 is 0 Å². The van der Waals surface area contributed by atoms with Crippen LogP contribution >= 0.6 is 0 Å². The molecule has 0 aliphatic heterocycles. The van der Waals surface area contributed by atoms with Crippen molar-refractivity contribution in [2.45, 2.75) is 6.92 Å². The molecular formula is C17H17N3O. The second kappa shape index (κ2) is 6.10. The van der Waals surface area contributed by atoms with E-state index in [0.29, 0.717) is 16.8 Å². The van der Waals surface area contributed by atoms with Gasteiger partial charge in [0, 0.05) is 31.0 Å². The Morgan fingerprint density at radius 1 is 1.24 bits per heavy atom. The molecule has 2 aromatic carbocycles. The van der Waals surface area contributed by atoms with Gasteiger partial charge < -0.3 is 10.2 Å². The van der Waals surface area contributed by atoms with Gasteiger partial charge in [0.25, 0.3) is 5.91 Å². The Morgan fingerprint density at radius 2 is 2.00 bits per heavy atom. The van der Waals surface area contributed by atoms with Crippen molar-refractivity contribution >= 4 is 17.3 Å². The van der Waals surface area contributed by atoms with E-state index in [1.807, 2.05) is 32.2 Å². The zero-order chi connectivity index (χ0) is 15.4. The molecule has 0 fully saturated rings. The number of carbonyl (C=O) groups is 1. The standard InChI is InChI=1S/C17H17N3O/c1-12-9-14(7-8-16(12)19-2)17(21)20(3)15-6-4-5-13(10-15)11-18/h4-10,19H,1-3H3. The van der Waals surface area contributed by atoms with Gasteiger partial charge in [0.1, 0.15) is 0 Å². The number of nitrogens with one attached hydrogen (secondary N) is 1. The number of anilines is 2. The highest BCUT2D eigenvalue weighted by Crippen LogP contribution is 2.20. The maximum absolute atomic E-state index is 12.5. The third-order valence-corrected chi connectivity index (χ3v) is 3.41. The van der Waals surface area contributed by atoms with Gasteiger partial charge in [-0.1, -0.05) is 6.07 Å². The van der Waals surface area contributed by atoms with E-state index in [0.717, 1.165) is 11.3 Å². The highest BCUT2D eigenvalue weighted by Gasteiger charge is 2.14. The smallest absolute Gasteiger partial charge is 0.258 e. The van der Waals surface area contributed by atoms with Crippen LogP contribution < -0.4 is 10.2 Å². The van der Waals surface area contributed by atoms with Crippen molar-refractivity contribution < 1.29 is 4.79 Å². The predicted octanol–water partition coefficient (Wildman–Crippen LogP) is 3.19. The molecule has 1 amide bonds. The lowest BCUT2D eigenvalue weighted by atomic mass is 10.1. The number of rotatable bonds is 3. The van der Waals surface area contributed by atoms with Gasteiger partial charge in [0.05, 0.1) is 11.6 Å². The Kier molecular flexibility index (Phi) is 4.24. The molecule has 106 valence electrons. The molecule has 0 aliphatic rings. The fraction of sp³-hybridized carbons (Fsp3) is 0.176. The van der Waals surface area contributed by atoms with Gasteiger partial charge in [-0.05, 0) is 48.9 Å². The average molecular weight is 279 g/mol. The number of benzene rings is 2. The van der Waals surface area contributed by atoms with Crippen LogP contribution in [-0.2, 0) is 0 Å². The molecule has 1 N–H and O–H groups in total. The van der Waals surface area contributed by atoms with Crippen molar-refractivity contribution in [1.29, 1.82) is 5.26 Å². The van der Waals surface area contributed by atoms with Gasteiger partial charge in [-0.3, -0.25) is 4.79 Å². The van der Waals surface area contributed by atoms with Crippen molar-refractivity contribution in [2.75, 3.05) is 24.3 Å². The van der Waals surface area contributed by atoms with Crippen molar-refractivity contribution in [3.8, 4) is 6.07 Å². The van der Waals surface area contributed by atoms with Gasteiger partial charge in [-0.2, -0.15) is 5.26 Å². The van der Waals surface area contributed by atoms with E-state index in [9.17, 15) is 4.79 Å². The van der Waals surface area contributed by atoms with Crippen LogP contribution in [0.4, 0.5) is 11.4 Å². The Balaban J connectivity index is 2.30. The van der Waals surface area contributed by atoms with Crippen LogP contribution in [0, 0.1) is 18.3 Å². The minimum absolute atomic E-state index is 0.101. The van der Waals surface area contributed by atoms with Crippen molar-refractivity contribution in [3.63, 3.8) is 0 Å². The van der Waals surface area contributed by atoms with Crippen molar-refractivity contribution in [1.82, 2.24) is 0 Å². The highest BCUT2D eigenvalue weighted by molar-refractivity contribution is 6.06. The van der Waals surface area contributed by atoms with Crippen LogP contribution in [0.5, 0.6) is 0 Å². The zero-order valence-corrected chi connectivity index (χ0v) is 12.3. The van der Waals surface area contributed by atoms with E-state index < -0.39 is 0 Å². The van der Waals surface area contributed by atoms with Crippen molar-refractivity contribution in [2.24, 2.45) is 0 Å². The lowest BCUT2D eigenvalue weighted by Gasteiger charge is -2.18. The Morgan fingerprint density at radius 3 is 2.62 bits per heavy atom. The summed E-state index contributed by atoms with van der Waals surface area (Å²) in [5.74, 6) is -0.101. The van der Waals surface area contributed by atoms with E-state index in [-0.39, 0.29) is 5.91 Å². The van der Waals surface area contributed by atoms with Gasteiger partial charge in [0.15, 0.2) is 0 Å². The molecule has 4 nitrogen and oxygen atoms in total. The molecule has 0 radical (unpaired) electrons. The number of aryl methyl sites for hydroxylation is 1.